The number of aromatic nitrogens is 2. The summed E-state index contributed by atoms with van der Waals surface area (Å²) in [4.78, 5) is 43.7. The lowest BCUT2D eigenvalue weighted by atomic mass is 10.2. The smallest absolute Gasteiger partial charge is 0.269 e. The zero-order valence-corrected chi connectivity index (χ0v) is 19.4. The van der Waals surface area contributed by atoms with Crippen molar-refractivity contribution in [3.63, 3.8) is 0 Å². The number of hydrogen-bond donors (Lipinski definition) is 2. The van der Waals surface area contributed by atoms with E-state index in [0.717, 1.165) is 10.4 Å². The highest BCUT2D eigenvalue weighted by Gasteiger charge is 2.16. The molecule has 9 nitrogen and oxygen atoms in total. The summed E-state index contributed by atoms with van der Waals surface area (Å²) >= 11 is 2.90. The van der Waals surface area contributed by atoms with Gasteiger partial charge in [0.1, 0.15) is 11.4 Å². The molecule has 0 unspecified atom stereocenters. The van der Waals surface area contributed by atoms with Crippen molar-refractivity contribution in [3.05, 3.63) is 63.3 Å². The van der Waals surface area contributed by atoms with Crippen LogP contribution in [0.15, 0.2) is 52.2 Å². The molecule has 0 aliphatic heterocycles. The first-order chi connectivity index (χ1) is 16.0. The highest BCUT2D eigenvalue weighted by atomic mass is 32.1. The summed E-state index contributed by atoms with van der Waals surface area (Å²) in [5, 5.41) is 4.30. The van der Waals surface area contributed by atoms with Crippen molar-refractivity contribution in [2.45, 2.75) is 13.5 Å². The van der Waals surface area contributed by atoms with Gasteiger partial charge in [-0.15, -0.1) is 22.7 Å². The largest absolute Gasteiger partial charge is 0.493 e. The molecule has 0 fully saturated rings. The van der Waals surface area contributed by atoms with Crippen molar-refractivity contribution in [1.29, 1.82) is 0 Å². The Labute approximate surface area is 196 Å². The van der Waals surface area contributed by atoms with Crippen molar-refractivity contribution in [1.82, 2.24) is 20.4 Å². The molecule has 2 amide bonds. The van der Waals surface area contributed by atoms with Crippen LogP contribution in [0.1, 0.15) is 17.3 Å². The molecular formula is C22H20N4O5S2. The van der Waals surface area contributed by atoms with Gasteiger partial charge in [0.2, 0.25) is 0 Å². The second kappa shape index (κ2) is 9.84. The minimum atomic E-state index is -0.572. The number of ether oxygens (including phenoxy) is 2. The van der Waals surface area contributed by atoms with Gasteiger partial charge in [0.05, 0.1) is 25.4 Å². The highest BCUT2D eigenvalue weighted by Crippen LogP contribution is 2.33. The number of carbonyl (C=O) groups is 2. The molecule has 3 heterocycles. The Morgan fingerprint density at radius 3 is 2.73 bits per heavy atom. The number of benzene rings is 1. The van der Waals surface area contributed by atoms with Crippen LogP contribution < -0.4 is 25.9 Å². The van der Waals surface area contributed by atoms with Crippen molar-refractivity contribution < 1.29 is 19.1 Å². The average molecular weight is 485 g/mol. The summed E-state index contributed by atoms with van der Waals surface area (Å²) < 4.78 is 11.9. The van der Waals surface area contributed by atoms with E-state index < -0.39 is 11.8 Å². The Hall–Kier alpha value is -3.70. The first kappa shape index (κ1) is 22.5. The van der Waals surface area contributed by atoms with Crippen LogP contribution in [0.3, 0.4) is 0 Å². The first-order valence-corrected chi connectivity index (χ1v) is 11.7. The van der Waals surface area contributed by atoms with Gasteiger partial charge in [0, 0.05) is 21.4 Å². The number of nitrogens with one attached hydrogen (secondary N) is 2. The van der Waals surface area contributed by atoms with E-state index in [-0.39, 0.29) is 17.7 Å². The topological polar surface area (TPSA) is 112 Å². The van der Waals surface area contributed by atoms with Crippen LogP contribution in [0.2, 0.25) is 0 Å². The number of hydrogen-bond acceptors (Lipinski definition) is 8. The van der Waals surface area contributed by atoms with Gasteiger partial charge in [-0.05, 0) is 36.6 Å². The Morgan fingerprint density at radius 1 is 1.15 bits per heavy atom. The second-order valence-corrected chi connectivity index (χ2v) is 8.59. The molecule has 2 N–H and O–H groups in total. The monoisotopic (exact) mass is 484 g/mol. The fraction of sp³-hybridized carbons (Fsp3) is 0.182. The quantitative estimate of drug-likeness (QED) is 0.390. The van der Waals surface area contributed by atoms with Gasteiger partial charge in [-0.1, -0.05) is 6.07 Å². The zero-order valence-electron chi connectivity index (χ0n) is 17.8. The molecule has 0 aliphatic carbocycles. The molecule has 0 atom stereocenters. The minimum Gasteiger partial charge on any atom is -0.493 e. The lowest BCUT2D eigenvalue weighted by Gasteiger charge is -2.12. The number of carbonyl (C=O) groups excluding carboxylic acids is 2. The number of fused-ring (bicyclic) bond motifs is 1. The summed E-state index contributed by atoms with van der Waals surface area (Å²) in [6.07, 6.45) is 1.33. The molecule has 33 heavy (non-hydrogen) atoms. The van der Waals surface area contributed by atoms with Crippen LogP contribution in [0.5, 0.6) is 11.5 Å². The van der Waals surface area contributed by atoms with E-state index in [1.807, 2.05) is 29.8 Å². The van der Waals surface area contributed by atoms with Gasteiger partial charge in [0.25, 0.3) is 17.4 Å². The Balaban J connectivity index is 1.45. The number of nitrogens with zero attached hydrogens (tertiary/aromatic N) is 2. The van der Waals surface area contributed by atoms with Crippen LogP contribution in [-0.4, -0.2) is 35.1 Å². The van der Waals surface area contributed by atoms with Crippen molar-refractivity contribution in [2.75, 3.05) is 13.7 Å². The van der Waals surface area contributed by atoms with Crippen molar-refractivity contribution in [2.24, 2.45) is 0 Å². The number of thiophene rings is 2. The number of hydrazine groups is 1. The van der Waals surface area contributed by atoms with Gasteiger partial charge in [-0.2, -0.15) is 0 Å². The first-order valence-electron chi connectivity index (χ1n) is 9.92. The molecular weight excluding hydrogens is 464 g/mol. The molecule has 4 rings (SSSR count). The predicted molar refractivity (Wildman–Crippen MR) is 127 cm³/mol. The summed E-state index contributed by atoms with van der Waals surface area (Å²) in [7, 11) is 1.47. The summed E-state index contributed by atoms with van der Waals surface area (Å²) in [6, 6.07) is 8.53. The zero-order chi connectivity index (χ0) is 23.4. The standard InChI is InChI=1S/C22H20N4O5S2/c1-3-31-15-7-6-13(9-16(15)30-2)20(28)25-24-18(27)10-26-12-23-21-19(22(26)29)14(11-33-21)17-5-4-8-32-17/h4-9,11-12H,3,10H2,1-2H3,(H,24,27)(H,25,28). The van der Waals surface area contributed by atoms with Crippen LogP contribution in [0, 0.1) is 0 Å². The number of rotatable bonds is 7. The molecule has 0 bridgehead atoms. The summed E-state index contributed by atoms with van der Waals surface area (Å²) in [5.74, 6) is -0.196. The van der Waals surface area contributed by atoms with E-state index in [4.69, 9.17) is 9.47 Å². The lowest BCUT2D eigenvalue weighted by Crippen LogP contribution is -2.44. The van der Waals surface area contributed by atoms with E-state index in [0.29, 0.717) is 28.3 Å². The van der Waals surface area contributed by atoms with Crippen molar-refractivity contribution >= 4 is 44.7 Å². The SMILES string of the molecule is CCOc1ccc(C(=O)NNC(=O)Cn2cnc3scc(-c4cccs4)c3c2=O)cc1OC. The lowest BCUT2D eigenvalue weighted by molar-refractivity contribution is -0.122. The molecule has 0 radical (unpaired) electrons. The van der Waals surface area contributed by atoms with Crippen molar-refractivity contribution in [3.8, 4) is 21.9 Å². The van der Waals surface area contributed by atoms with Crippen LogP contribution in [-0.2, 0) is 11.3 Å². The third-order valence-electron chi connectivity index (χ3n) is 4.70. The summed E-state index contributed by atoms with van der Waals surface area (Å²) in [5.41, 5.74) is 5.42. The fourth-order valence-electron chi connectivity index (χ4n) is 3.17. The Kier molecular flexibility index (Phi) is 6.71. The second-order valence-electron chi connectivity index (χ2n) is 6.79. The molecule has 170 valence electrons. The highest BCUT2D eigenvalue weighted by molar-refractivity contribution is 7.18. The average Bonchev–Trinajstić information content (AvgIpc) is 3.50. The maximum atomic E-state index is 13.0. The van der Waals surface area contributed by atoms with Gasteiger partial charge < -0.3 is 9.47 Å². The summed E-state index contributed by atoms with van der Waals surface area (Å²) in [6.45, 7) is 2.00. The minimum absolute atomic E-state index is 0.273. The molecule has 0 aliphatic rings. The maximum Gasteiger partial charge on any atom is 0.269 e. The van der Waals surface area contributed by atoms with Crippen LogP contribution >= 0.6 is 22.7 Å². The van der Waals surface area contributed by atoms with Gasteiger partial charge in [-0.3, -0.25) is 29.8 Å². The van der Waals surface area contributed by atoms with E-state index in [2.05, 4.69) is 15.8 Å². The third-order valence-corrected chi connectivity index (χ3v) is 6.49. The number of methoxy groups -OCH3 is 1. The molecule has 4 aromatic rings. The maximum absolute atomic E-state index is 13.0. The molecule has 0 saturated carbocycles. The molecule has 1 aromatic carbocycles. The Morgan fingerprint density at radius 2 is 2.00 bits per heavy atom. The fourth-order valence-corrected chi connectivity index (χ4v) is 4.89. The van der Waals surface area contributed by atoms with Crippen LogP contribution in [0.25, 0.3) is 20.7 Å². The predicted octanol–water partition coefficient (Wildman–Crippen LogP) is 3.06. The molecule has 0 spiro atoms. The molecule has 0 saturated heterocycles. The van der Waals surface area contributed by atoms with E-state index in [1.165, 1.54) is 46.7 Å². The number of amides is 2. The normalized spacial score (nSPS) is 10.7. The molecule has 11 heteroatoms. The van der Waals surface area contributed by atoms with Gasteiger partial charge >= 0.3 is 0 Å². The van der Waals surface area contributed by atoms with Gasteiger partial charge in [0.15, 0.2) is 11.5 Å². The van der Waals surface area contributed by atoms with E-state index in [1.54, 1.807) is 12.1 Å². The molecule has 3 aromatic heterocycles. The van der Waals surface area contributed by atoms with Crippen LogP contribution in [0.4, 0.5) is 0 Å². The van der Waals surface area contributed by atoms with E-state index >= 15 is 0 Å². The third kappa shape index (κ3) is 4.73. The Bertz CT molecular complexity index is 1360. The van der Waals surface area contributed by atoms with E-state index in [9.17, 15) is 14.4 Å². The van der Waals surface area contributed by atoms with Gasteiger partial charge in [-0.25, -0.2) is 4.98 Å².